The van der Waals surface area contributed by atoms with Gasteiger partial charge in [-0.25, -0.2) is 0 Å². The summed E-state index contributed by atoms with van der Waals surface area (Å²) in [6.07, 6.45) is 4.38. The number of carbonyl (C=O) groups is 2. The minimum Gasteiger partial charge on any atom is -0.462 e. The fraction of sp³-hybridized carbons (Fsp3) is 0.846. The van der Waals surface area contributed by atoms with Crippen molar-refractivity contribution in [1.29, 1.82) is 0 Å². The van der Waals surface area contributed by atoms with E-state index in [4.69, 9.17) is 4.74 Å². The number of hydrogen-bond acceptors (Lipinski definition) is 4. The molecular weight excluding hydrogens is 218 g/mol. The third kappa shape index (κ3) is 3.53. The summed E-state index contributed by atoms with van der Waals surface area (Å²) in [5.74, 6) is 0.331. The minimum absolute atomic E-state index is 0.0140. The van der Waals surface area contributed by atoms with Crippen LogP contribution in [0.25, 0.3) is 0 Å². The van der Waals surface area contributed by atoms with Crippen molar-refractivity contribution in [1.82, 2.24) is 4.90 Å². The van der Waals surface area contributed by atoms with Crippen LogP contribution in [-0.2, 0) is 14.3 Å². The first-order chi connectivity index (χ1) is 8.15. The van der Waals surface area contributed by atoms with Gasteiger partial charge in [0.25, 0.3) is 0 Å². The number of ether oxygens (including phenoxy) is 1. The lowest BCUT2D eigenvalue weighted by Crippen LogP contribution is -2.36. The molecule has 2 rings (SSSR count). The van der Waals surface area contributed by atoms with Crippen LogP contribution in [0.5, 0.6) is 0 Å². The van der Waals surface area contributed by atoms with E-state index >= 15 is 0 Å². The van der Waals surface area contributed by atoms with Crippen LogP contribution < -0.4 is 0 Å². The highest BCUT2D eigenvalue weighted by Gasteiger charge is 2.28. The van der Waals surface area contributed by atoms with Gasteiger partial charge >= 0.3 is 5.97 Å². The first kappa shape index (κ1) is 12.6. The fourth-order valence-corrected chi connectivity index (χ4v) is 2.54. The summed E-state index contributed by atoms with van der Waals surface area (Å²) in [6, 6.07) is 0. The Morgan fingerprint density at radius 1 is 1.18 bits per heavy atom. The van der Waals surface area contributed by atoms with Crippen molar-refractivity contribution in [3.05, 3.63) is 0 Å². The first-order valence-corrected chi connectivity index (χ1v) is 6.56. The molecule has 96 valence electrons. The van der Waals surface area contributed by atoms with Crippen LogP contribution in [0.3, 0.4) is 0 Å². The predicted molar refractivity (Wildman–Crippen MR) is 63.6 cm³/mol. The molecule has 1 heterocycles. The van der Waals surface area contributed by atoms with Crippen LogP contribution in [-0.4, -0.2) is 42.9 Å². The van der Waals surface area contributed by atoms with Gasteiger partial charge < -0.3 is 9.64 Å². The minimum atomic E-state index is -0.0440. The Balaban J connectivity index is 1.75. The summed E-state index contributed by atoms with van der Waals surface area (Å²) in [6.45, 7) is 1.95. The maximum absolute atomic E-state index is 11.9. The maximum Gasteiger partial charge on any atom is 0.309 e. The molecule has 0 aromatic carbocycles. The van der Waals surface area contributed by atoms with Crippen LogP contribution in [0.1, 0.15) is 38.5 Å². The van der Waals surface area contributed by atoms with E-state index in [1.807, 2.05) is 0 Å². The molecule has 4 heteroatoms. The zero-order valence-electron chi connectivity index (χ0n) is 10.5. The third-order valence-electron chi connectivity index (χ3n) is 3.83. The molecule has 1 saturated carbocycles. The Hall–Kier alpha value is -0.900. The summed E-state index contributed by atoms with van der Waals surface area (Å²) in [7, 11) is 2.08. The molecule has 0 amide bonds. The second-order valence-corrected chi connectivity index (χ2v) is 5.25. The second-order valence-electron chi connectivity index (χ2n) is 5.25. The molecule has 0 aromatic heterocycles. The van der Waals surface area contributed by atoms with Crippen molar-refractivity contribution in [2.45, 2.75) is 44.6 Å². The lowest BCUT2D eigenvalue weighted by Gasteiger charge is -2.29. The molecule has 2 fully saturated rings. The summed E-state index contributed by atoms with van der Waals surface area (Å²) in [4.78, 5) is 25.3. The van der Waals surface area contributed by atoms with Crippen molar-refractivity contribution in [3.63, 3.8) is 0 Å². The molecule has 0 radical (unpaired) electrons. The number of rotatable bonds is 2. The fourth-order valence-electron chi connectivity index (χ4n) is 2.54. The molecule has 1 saturated heterocycles. The van der Waals surface area contributed by atoms with Crippen molar-refractivity contribution >= 4 is 11.8 Å². The monoisotopic (exact) mass is 239 g/mol. The lowest BCUT2D eigenvalue weighted by molar-refractivity contribution is -0.158. The number of esters is 1. The summed E-state index contributed by atoms with van der Waals surface area (Å²) in [5.41, 5.74) is 0. The molecule has 0 unspecified atom stereocenters. The third-order valence-corrected chi connectivity index (χ3v) is 3.83. The number of ketones is 1. The molecule has 0 bridgehead atoms. The van der Waals surface area contributed by atoms with E-state index in [9.17, 15) is 9.59 Å². The predicted octanol–water partition coefficient (Wildman–Crippen LogP) is 1.38. The number of piperidine rings is 1. The highest BCUT2D eigenvalue weighted by molar-refractivity contribution is 5.79. The summed E-state index contributed by atoms with van der Waals surface area (Å²) < 4.78 is 5.50. The van der Waals surface area contributed by atoms with Gasteiger partial charge in [-0.15, -0.1) is 0 Å². The van der Waals surface area contributed by atoms with Gasteiger partial charge in [0, 0.05) is 12.8 Å². The molecule has 0 atom stereocenters. The largest absolute Gasteiger partial charge is 0.462 e. The van der Waals surface area contributed by atoms with Crippen molar-refractivity contribution in [2.75, 3.05) is 20.1 Å². The second kappa shape index (κ2) is 5.63. The topological polar surface area (TPSA) is 46.6 Å². The Kier molecular flexibility index (Phi) is 4.15. The number of nitrogens with zero attached hydrogens (tertiary/aromatic N) is 1. The van der Waals surface area contributed by atoms with Crippen LogP contribution >= 0.6 is 0 Å². The van der Waals surface area contributed by atoms with E-state index in [2.05, 4.69) is 11.9 Å². The molecular formula is C13H21NO3. The van der Waals surface area contributed by atoms with Gasteiger partial charge in [-0.05, 0) is 45.8 Å². The molecule has 0 N–H and O–H groups in total. The molecule has 4 nitrogen and oxygen atoms in total. The Morgan fingerprint density at radius 2 is 1.76 bits per heavy atom. The summed E-state index contributed by atoms with van der Waals surface area (Å²) in [5, 5.41) is 0. The highest BCUT2D eigenvalue weighted by atomic mass is 16.5. The molecule has 1 aliphatic heterocycles. The number of hydrogen-bond donors (Lipinski definition) is 0. The number of carbonyl (C=O) groups excluding carboxylic acids is 2. The Morgan fingerprint density at radius 3 is 2.35 bits per heavy atom. The standard InChI is InChI=1S/C13H21NO3/c1-14-8-6-10(7-9-14)13(16)17-12-4-2-11(15)3-5-12/h10,12H,2-9H2,1H3. The van der Waals surface area contributed by atoms with Crippen molar-refractivity contribution in [3.8, 4) is 0 Å². The average Bonchev–Trinajstić information content (AvgIpc) is 2.33. The number of Topliss-reactive ketones (excluding diaryl/α,β-unsaturated/α-hetero) is 1. The summed E-state index contributed by atoms with van der Waals surface area (Å²) >= 11 is 0. The smallest absolute Gasteiger partial charge is 0.309 e. The first-order valence-electron chi connectivity index (χ1n) is 6.56. The van der Waals surface area contributed by atoms with Crippen LogP contribution in [0.4, 0.5) is 0 Å². The molecule has 2 aliphatic rings. The van der Waals surface area contributed by atoms with E-state index in [1.54, 1.807) is 0 Å². The Labute approximate surface area is 102 Å². The van der Waals surface area contributed by atoms with Crippen LogP contribution in [0.2, 0.25) is 0 Å². The van der Waals surface area contributed by atoms with E-state index in [0.717, 1.165) is 38.8 Å². The Bertz CT molecular complexity index is 285. The highest BCUT2D eigenvalue weighted by Crippen LogP contribution is 2.22. The molecule has 1 aliphatic carbocycles. The van der Waals surface area contributed by atoms with Crippen molar-refractivity contribution in [2.24, 2.45) is 5.92 Å². The van der Waals surface area contributed by atoms with Crippen molar-refractivity contribution < 1.29 is 14.3 Å². The molecule has 17 heavy (non-hydrogen) atoms. The quantitative estimate of drug-likeness (QED) is 0.683. The van der Waals surface area contributed by atoms with Gasteiger partial charge in [-0.2, -0.15) is 0 Å². The van der Waals surface area contributed by atoms with E-state index in [-0.39, 0.29) is 18.0 Å². The lowest BCUT2D eigenvalue weighted by atomic mass is 9.95. The molecule has 0 aromatic rings. The zero-order valence-corrected chi connectivity index (χ0v) is 10.5. The van der Waals surface area contributed by atoms with Gasteiger partial charge in [0.2, 0.25) is 0 Å². The van der Waals surface area contributed by atoms with Crippen LogP contribution in [0, 0.1) is 5.92 Å². The van der Waals surface area contributed by atoms with E-state index in [0.29, 0.717) is 18.6 Å². The normalized spacial score (nSPS) is 24.9. The average molecular weight is 239 g/mol. The SMILES string of the molecule is CN1CCC(C(=O)OC2CCC(=O)CC2)CC1. The number of likely N-dealkylation sites (tertiary alicyclic amines) is 1. The van der Waals surface area contributed by atoms with Crippen LogP contribution in [0.15, 0.2) is 0 Å². The van der Waals surface area contributed by atoms with Gasteiger partial charge in [0.1, 0.15) is 11.9 Å². The van der Waals surface area contributed by atoms with Gasteiger partial charge in [-0.3, -0.25) is 9.59 Å². The van der Waals surface area contributed by atoms with Gasteiger partial charge in [0.05, 0.1) is 5.92 Å². The van der Waals surface area contributed by atoms with E-state index in [1.165, 1.54) is 0 Å². The maximum atomic E-state index is 11.9. The molecule has 0 spiro atoms. The van der Waals surface area contributed by atoms with Gasteiger partial charge in [0.15, 0.2) is 0 Å². The van der Waals surface area contributed by atoms with Gasteiger partial charge in [-0.1, -0.05) is 0 Å². The zero-order chi connectivity index (χ0) is 12.3. The van der Waals surface area contributed by atoms with E-state index < -0.39 is 0 Å².